The Morgan fingerprint density at radius 1 is 1.33 bits per heavy atom. The number of aromatic nitrogens is 3. The van der Waals surface area contributed by atoms with Crippen LogP contribution < -0.4 is 5.73 Å². The van der Waals surface area contributed by atoms with Crippen molar-refractivity contribution in [2.24, 2.45) is 0 Å². The first-order valence-corrected chi connectivity index (χ1v) is 6.38. The summed E-state index contributed by atoms with van der Waals surface area (Å²) in [6, 6.07) is 8.28. The van der Waals surface area contributed by atoms with Crippen molar-refractivity contribution in [3.63, 3.8) is 0 Å². The maximum Gasteiger partial charge on any atom is 0.170 e. The molecule has 4 nitrogen and oxygen atoms in total. The minimum absolute atomic E-state index is 0.496. The second kappa shape index (κ2) is 4.34. The van der Waals surface area contributed by atoms with E-state index in [4.69, 9.17) is 5.73 Å². The Morgan fingerprint density at radius 2 is 2.22 bits per heavy atom. The minimum atomic E-state index is 0.496. The van der Waals surface area contributed by atoms with E-state index in [9.17, 15) is 0 Å². The molecule has 1 aromatic carbocycles. The summed E-state index contributed by atoms with van der Waals surface area (Å²) in [5.74, 6) is 0.496. The van der Waals surface area contributed by atoms with Crippen molar-refractivity contribution in [3.8, 4) is 0 Å². The Morgan fingerprint density at radius 3 is 3.06 bits per heavy atom. The van der Waals surface area contributed by atoms with Crippen LogP contribution in [-0.4, -0.2) is 14.4 Å². The molecule has 0 fully saturated rings. The van der Waals surface area contributed by atoms with Gasteiger partial charge < -0.3 is 10.1 Å². The fraction of sp³-hybridized carbons (Fsp3) is 0.0769. The Kier molecular flexibility index (Phi) is 2.68. The van der Waals surface area contributed by atoms with Crippen LogP contribution in [0.5, 0.6) is 0 Å². The lowest BCUT2D eigenvalue weighted by Crippen LogP contribution is -1.97. The number of rotatable bonds is 2. The van der Waals surface area contributed by atoms with Gasteiger partial charge in [0.2, 0.25) is 0 Å². The lowest BCUT2D eigenvalue weighted by Gasteiger charge is -2.05. The normalized spacial score (nSPS) is 10.9. The number of anilines is 1. The highest BCUT2D eigenvalue weighted by Crippen LogP contribution is 2.29. The van der Waals surface area contributed by atoms with Crippen molar-refractivity contribution in [2.45, 2.75) is 16.8 Å². The molecule has 0 atom stereocenters. The maximum atomic E-state index is 5.79. The zero-order valence-electron chi connectivity index (χ0n) is 9.87. The molecule has 2 N–H and O–H groups in total. The molecule has 0 aliphatic heterocycles. The number of nitrogens with two attached hydrogens (primary N) is 1. The minimum Gasteiger partial charge on any atom is -0.382 e. The molecule has 0 aliphatic rings. The van der Waals surface area contributed by atoms with Crippen molar-refractivity contribution < 1.29 is 0 Å². The van der Waals surface area contributed by atoms with Gasteiger partial charge in [-0.05, 0) is 19.1 Å². The Balaban J connectivity index is 2.06. The molecule has 18 heavy (non-hydrogen) atoms. The van der Waals surface area contributed by atoms with Gasteiger partial charge in [0.15, 0.2) is 5.65 Å². The second-order valence-corrected chi connectivity index (χ2v) is 5.11. The third-order valence-corrected chi connectivity index (χ3v) is 3.52. The van der Waals surface area contributed by atoms with Crippen LogP contribution in [0.3, 0.4) is 0 Å². The summed E-state index contributed by atoms with van der Waals surface area (Å²) in [5.41, 5.74) is 7.85. The topological polar surface area (TPSA) is 56.2 Å². The van der Waals surface area contributed by atoms with Gasteiger partial charge >= 0.3 is 0 Å². The average molecular weight is 256 g/mol. The smallest absolute Gasteiger partial charge is 0.170 e. The monoisotopic (exact) mass is 256 g/mol. The number of hydrogen-bond acceptors (Lipinski definition) is 4. The predicted molar refractivity (Wildman–Crippen MR) is 72.7 cm³/mol. The molecule has 2 aromatic heterocycles. The molecule has 90 valence electrons. The zero-order valence-corrected chi connectivity index (χ0v) is 10.7. The van der Waals surface area contributed by atoms with E-state index in [2.05, 4.69) is 35.1 Å². The molecule has 3 rings (SSSR count). The molecule has 0 amide bonds. The van der Waals surface area contributed by atoms with E-state index in [0.29, 0.717) is 5.82 Å². The van der Waals surface area contributed by atoms with E-state index in [1.54, 1.807) is 24.2 Å². The molecule has 3 aromatic rings. The molecule has 0 radical (unpaired) electrons. The fourth-order valence-corrected chi connectivity index (χ4v) is 2.80. The van der Waals surface area contributed by atoms with E-state index < -0.39 is 0 Å². The Hall–Kier alpha value is -2.01. The number of aryl methyl sites for hydroxylation is 1. The van der Waals surface area contributed by atoms with E-state index in [0.717, 1.165) is 15.6 Å². The van der Waals surface area contributed by atoms with Crippen LogP contribution in [-0.2, 0) is 0 Å². The van der Waals surface area contributed by atoms with Crippen LogP contribution in [0, 0.1) is 6.92 Å². The molecule has 0 bridgehead atoms. The predicted octanol–water partition coefficient (Wildman–Crippen LogP) is 2.77. The van der Waals surface area contributed by atoms with Crippen molar-refractivity contribution in [3.05, 3.63) is 48.4 Å². The van der Waals surface area contributed by atoms with Crippen molar-refractivity contribution in [1.29, 1.82) is 0 Å². The quantitative estimate of drug-likeness (QED) is 0.766. The molecule has 0 saturated heterocycles. The lowest BCUT2D eigenvalue weighted by atomic mass is 10.2. The van der Waals surface area contributed by atoms with Gasteiger partial charge in [-0.2, -0.15) is 0 Å². The molecular formula is C13H12N4S. The summed E-state index contributed by atoms with van der Waals surface area (Å²) in [7, 11) is 0. The van der Waals surface area contributed by atoms with Gasteiger partial charge in [-0.1, -0.05) is 29.5 Å². The maximum absolute atomic E-state index is 5.79. The van der Waals surface area contributed by atoms with E-state index in [-0.39, 0.29) is 0 Å². The molecule has 0 unspecified atom stereocenters. The standard InChI is InChI=1S/C13H12N4S/c1-9-3-2-4-10(7-9)18-13-12-15-5-6-17(12)8-11(14)16-13/h2-8H,14H2,1H3. The molecule has 2 heterocycles. The first-order valence-electron chi connectivity index (χ1n) is 5.56. The third-order valence-electron chi connectivity index (χ3n) is 2.57. The van der Waals surface area contributed by atoms with Gasteiger partial charge in [0.25, 0.3) is 0 Å². The number of nitrogens with zero attached hydrogens (tertiary/aromatic N) is 3. The van der Waals surface area contributed by atoms with Gasteiger partial charge in [0, 0.05) is 17.3 Å². The molecule has 0 aliphatic carbocycles. The van der Waals surface area contributed by atoms with Crippen LogP contribution in [0.25, 0.3) is 5.65 Å². The Bertz CT molecular complexity index is 705. The highest BCUT2D eigenvalue weighted by Gasteiger charge is 2.08. The Labute approximate surface area is 109 Å². The number of hydrogen-bond donors (Lipinski definition) is 1. The van der Waals surface area contributed by atoms with Crippen LogP contribution in [0.15, 0.2) is 52.8 Å². The van der Waals surface area contributed by atoms with Crippen LogP contribution in [0.1, 0.15) is 5.56 Å². The highest BCUT2D eigenvalue weighted by molar-refractivity contribution is 7.99. The van der Waals surface area contributed by atoms with Gasteiger partial charge in [0.1, 0.15) is 10.8 Å². The van der Waals surface area contributed by atoms with Crippen LogP contribution in [0.2, 0.25) is 0 Å². The number of fused-ring (bicyclic) bond motifs is 1. The third kappa shape index (κ3) is 2.04. The zero-order chi connectivity index (χ0) is 12.5. The van der Waals surface area contributed by atoms with Gasteiger partial charge in [-0.3, -0.25) is 0 Å². The van der Waals surface area contributed by atoms with E-state index in [1.165, 1.54) is 5.56 Å². The number of benzene rings is 1. The molecule has 5 heteroatoms. The highest BCUT2D eigenvalue weighted by atomic mass is 32.2. The lowest BCUT2D eigenvalue weighted by molar-refractivity contribution is 1.04. The first-order chi connectivity index (χ1) is 8.72. The summed E-state index contributed by atoms with van der Waals surface area (Å²) in [6.07, 6.45) is 5.38. The summed E-state index contributed by atoms with van der Waals surface area (Å²) < 4.78 is 1.89. The summed E-state index contributed by atoms with van der Waals surface area (Å²) in [4.78, 5) is 9.80. The summed E-state index contributed by atoms with van der Waals surface area (Å²) in [5, 5.41) is 0.825. The molecule has 0 saturated carbocycles. The van der Waals surface area contributed by atoms with Crippen molar-refractivity contribution in [1.82, 2.24) is 14.4 Å². The first kappa shape index (κ1) is 11.1. The molecular weight excluding hydrogens is 244 g/mol. The largest absolute Gasteiger partial charge is 0.382 e. The van der Waals surface area contributed by atoms with E-state index in [1.807, 2.05) is 16.7 Å². The van der Waals surface area contributed by atoms with Gasteiger partial charge in [-0.25, -0.2) is 9.97 Å². The van der Waals surface area contributed by atoms with Crippen LogP contribution in [0.4, 0.5) is 5.82 Å². The fourth-order valence-electron chi connectivity index (χ4n) is 1.78. The molecule has 0 spiro atoms. The summed E-state index contributed by atoms with van der Waals surface area (Å²) in [6.45, 7) is 2.07. The van der Waals surface area contributed by atoms with Crippen molar-refractivity contribution >= 4 is 23.2 Å². The number of nitrogen functional groups attached to an aromatic ring is 1. The van der Waals surface area contributed by atoms with Crippen LogP contribution >= 0.6 is 11.8 Å². The van der Waals surface area contributed by atoms with E-state index >= 15 is 0 Å². The number of imidazole rings is 1. The van der Waals surface area contributed by atoms with Gasteiger partial charge in [0.05, 0.1) is 6.20 Å². The SMILES string of the molecule is Cc1cccc(Sc2nc(N)cn3ccnc23)c1. The summed E-state index contributed by atoms with van der Waals surface area (Å²) >= 11 is 1.58. The van der Waals surface area contributed by atoms with Crippen molar-refractivity contribution in [2.75, 3.05) is 5.73 Å². The van der Waals surface area contributed by atoms with Gasteiger partial charge in [-0.15, -0.1) is 0 Å². The second-order valence-electron chi connectivity index (χ2n) is 4.05. The average Bonchev–Trinajstić information content (AvgIpc) is 2.77.